The molecule has 1 heterocycles. The van der Waals surface area contributed by atoms with Gasteiger partial charge in [-0.1, -0.05) is 54.1 Å². The van der Waals surface area contributed by atoms with Crippen molar-refractivity contribution in [3.63, 3.8) is 0 Å². The molecule has 37 heavy (non-hydrogen) atoms. The van der Waals surface area contributed by atoms with Crippen molar-refractivity contribution in [2.24, 2.45) is 5.92 Å². The Bertz CT molecular complexity index is 1390. The summed E-state index contributed by atoms with van der Waals surface area (Å²) in [5.41, 5.74) is 0.888. The number of benzene rings is 3. The summed E-state index contributed by atoms with van der Waals surface area (Å²) < 4.78 is 29.2. The number of nitrogens with zero attached hydrogens (tertiary/aromatic N) is 1. The van der Waals surface area contributed by atoms with Gasteiger partial charge in [-0.2, -0.15) is 0 Å². The summed E-state index contributed by atoms with van der Waals surface area (Å²) in [5.74, 6) is -4.30. The first-order valence-corrected chi connectivity index (χ1v) is 11.7. The van der Waals surface area contributed by atoms with Gasteiger partial charge in [0, 0.05) is 23.0 Å². The number of carbonyl (C=O) groups excluding carboxylic acids is 1. The van der Waals surface area contributed by atoms with Crippen molar-refractivity contribution < 1.29 is 23.5 Å². The Balaban J connectivity index is 1.66. The van der Waals surface area contributed by atoms with Gasteiger partial charge in [-0.25, -0.2) is 13.6 Å². The minimum atomic E-state index is -1.10. The molecule has 2 unspecified atom stereocenters. The molecule has 0 aliphatic carbocycles. The third kappa shape index (κ3) is 5.55. The second kappa shape index (κ2) is 10.9. The Morgan fingerprint density at radius 3 is 2.41 bits per heavy atom. The molecule has 1 amide bonds. The van der Waals surface area contributed by atoms with Gasteiger partial charge in [-0.05, 0) is 55.3 Å². The van der Waals surface area contributed by atoms with Gasteiger partial charge in [-0.15, -0.1) is 0 Å². The van der Waals surface area contributed by atoms with Crippen molar-refractivity contribution >= 4 is 34.7 Å². The number of allylic oxidation sites excluding steroid dienone is 3. The first kappa shape index (κ1) is 26.1. The van der Waals surface area contributed by atoms with Crippen molar-refractivity contribution in [2.75, 3.05) is 5.32 Å². The Morgan fingerprint density at radius 2 is 1.76 bits per heavy atom. The lowest BCUT2D eigenvalue weighted by atomic mass is 9.87. The van der Waals surface area contributed by atoms with Crippen LogP contribution in [-0.4, -0.2) is 28.1 Å². The number of carboxylic acids is 1. The molecule has 4 rings (SSSR count). The molecular formula is C28H22ClF2N2O4-. The van der Waals surface area contributed by atoms with Crippen molar-refractivity contribution in [2.45, 2.75) is 19.4 Å². The second-order valence-electron chi connectivity index (χ2n) is 8.56. The van der Waals surface area contributed by atoms with Crippen LogP contribution in [-0.2, 0) is 11.2 Å². The normalized spacial score (nSPS) is 16.0. The van der Waals surface area contributed by atoms with E-state index >= 15 is 0 Å². The summed E-state index contributed by atoms with van der Waals surface area (Å²) >= 11 is 5.84. The van der Waals surface area contributed by atoms with Gasteiger partial charge >= 0.3 is 5.97 Å². The van der Waals surface area contributed by atoms with E-state index in [1.165, 1.54) is 43.3 Å². The first-order chi connectivity index (χ1) is 17.7. The average Bonchev–Trinajstić information content (AvgIpc) is 2.89. The zero-order valence-electron chi connectivity index (χ0n) is 19.6. The molecule has 1 aliphatic rings. The zero-order valence-corrected chi connectivity index (χ0v) is 20.4. The van der Waals surface area contributed by atoms with E-state index in [4.69, 9.17) is 16.7 Å². The molecule has 6 nitrogen and oxygen atoms in total. The van der Waals surface area contributed by atoms with Gasteiger partial charge < -0.3 is 20.7 Å². The lowest BCUT2D eigenvalue weighted by Gasteiger charge is -2.45. The summed E-state index contributed by atoms with van der Waals surface area (Å²) in [5, 5.41) is 25.5. The van der Waals surface area contributed by atoms with Gasteiger partial charge in [0.25, 0.3) is 0 Å². The van der Waals surface area contributed by atoms with E-state index in [1.54, 1.807) is 0 Å². The summed E-state index contributed by atoms with van der Waals surface area (Å²) in [4.78, 5) is 24.5. The Labute approximate surface area is 217 Å². The number of halogens is 3. The third-order valence-electron chi connectivity index (χ3n) is 6.21. The SMILES string of the molecule is CC1=C(c2c(F)ccc(Cl)c2F)C=CC(C(Cc2ccccc2)C(=O)Nc2ccc(C(=O)O)cc2)N1[O-]. The molecule has 0 fully saturated rings. The largest absolute Gasteiger partial charge is 0.758 e. The topological polar surface area (TPSA) is 92.7 Å². The highest BCUT2D eigenvalue weighted by Gasteiger charge is 2.32. The molecule has 3 aromatic carbocycles. The second-order valence-corrected chi connectivity index (χ2v) is 8.97. The minimum Gasteiger partial charge on any atom is -0.758 e. The fourth-order valence-electron chi connectivity index (χ4n) is 4.24. The first-order valence-electron chi connectivity index (χ1n) is 11.3. The fraction of sp³-hybridized carbons (Fsp3) is 0.143. The van der Waals surface area contributed by atoms with Crippen molar-refractivity contribution in [1.29, 1.82) is 0 Å². The van der Waals surface area contributed by atoms with E-state index in [9.17, 15) is 23.6 Å². The lowest BCUT2D eigenvalue weighted by Crippen LogP contribution is -2.43. The quantitative estimate of drug-likeness (QED) is 0.355. The Morgan fingerprint density at radius 1 is 1.08 bits per heavy atom. The van der Waals surface area contributed by atoms with Crippen LogP contribution >= 0.6 is 11.6 Å². The molecule has 190 valence electrons. The highest BCUT2D eigenvalue weighted by atomic mass is 35.5. The van der Waals surface area contributed by atoms with Gasteiger partial charge in [0.2, 0.25) is 5.91 Å². The third-order valence-corrected chi connectivity index (χ3v) is 6.50. The van der Waals surface area contributed by atoms with E-state index in [-0.39, 0.29) is 28.3 Å². The molecule has 0 aromatic heterocycles. The molecule has 2 N–H and O–H groups in total. The molecule has 1 aliphatic heterocycles. The standard InChI is InChI=1S/C28H22ClF2N2O4/c1-16-20(25-23(30)13-12-22(29)26(25)31)11-14-24(33(16)37)21(15-17-5-3-2-4-6-17)27(34)32-19-9-7-18(8-10-19)28(35)36/h2-14,21,24H,15H2,1H3,(H,32,34)(H,35,36)/q-1. The molecule has 9 heteroatoms. The van der Waals surface area contributed by atoms with Crippen LogP contribution in [0.25, 0.3) is 5.57 Å². The van der Waals surface area contributed by atoms with Gasteiger partial charge in [0.05, 0.1) is 22.1 Å². The number of hydrogen-bond acceptors (Lipinski definition) is 4. The molecule has 0 saturated heterocycles. The predicted molar refractivity (Wildman–Crippen MR) is 138 cm³/mol. The van der Waals surface area contributed by atoms with Gasteiger partial charge in [0.15, 0.2) is 5.82 Å². The van der Waals surface area contributed by atoms with E-state index in [0.29, 0.717) is 10.8 Å². The Hall–Kier alpha value is -4.01. The van der Waals surface area contributed by atoms with Crippen LogP contribution in [0.1, 0.15) is 28.4 Å². The minimum absolute atomic E-state index is 0.0317. The highest BCUT2D eigenvalue weighted by Crippen LogP contribution is 2.36. The van der Waals surface area contributed by atoms with Gasteiger partial charge in [0.1, 0.15) is 5.82 Å². The molecule has 0 spiro atoms. The summed E-state index contributed by atoms with van der Waals surface area (Å²) in [6, 6.07) is 15.9. The summed E-state index contributed by atoms with van der Waals surface area (Å²) in [6.45, 7) is 1.43. The zero-order chi connectivity index (χ0) is 26.7. The predicted octanol–water partition coefficient (Wildman–Crippen LogP) is 6.28. The maximum atomic E-state index is 14.7. The van der Waals surface area contributed by atoms with E-state index < -0.39 is 41.0 Å². The van der Waals surface area contributed by atoms with Crippen LogP contribution in [0.3, 0.4) is 0 Å². The number of aromatic carboxylic acids is 1. The molecule has 2 atom stereocenters. The maximum absolute atomic E-state index is 14.7. The van der Waals surface area contributed by atoms with E-state index in [0.717, 1.165) is 17.7 Å². The summed E-state index contributed by atoms with van der Waals surface area (Å²) in [7, 11) is 0. The number of hydrogen-bond donors (Lipinski definition) is 2. The number of carboxylic acid groups (broad SMARTS) is 1. The van der Waals surface area contributed by atoms with E-state index in [2.05, 4.69) is 5.32 Å². The maximum Gasteiger partial charge on any atom is 0.335 e. The number of amides is 1. The number of nitrogens with one attached hydrogen (secondary N) is 1. The number of hydroxylamine groups is 2. The smallest absolute Gasteiger partial charge is 0.335 e. The monoisotopic (exact) mass is 523 g/mol. The molecule has 0 bridgehead atoms. The van der Waals surface area contributed by atoms with Crippen molar-refractivity contribution in [3.05, 3.63) is 123 Å². The number of rotatable bonds is 7. The van der Waals surface area contributed by atoms with Crippen LogP contribution in [0, 0.1) is 22.8 Å². The molecule has 0 radical (unpaired) electrons. The molecule has 0 saturated carbocycles. The van der Waals surface area contributed by atoms with Crippen LogP contribution < -0.4 is 5.32 Å². The summed E-state index contributed by atoms with van der Waals surface area (Å²) in [6.07, 6.45) is 3.09. The highest BCUT2D eigenvalue weighted by molar-refractivity contribution is 6.31. The number of anilines is 1. The van der Waals surface area contributed by atoms with Crippen molar-refractivity contribution in [1.82, 2.24) is 5.06 Å². The van der Waals surface area contributed by atoms with E-state index in [1.807, 2.05) is 30.3 Å². The van der Waals surface area contributed by atoms with Crippen LogP contribution in [0.2, 0.25) is 5.02 Å². The molecular weight excluding hydrogens is 502 g/mol. The lowest BCUT2D eigenvalue weighted by molar-refractivity contribution is -0.121. The molecule has 3 aromatic rings. The van der Waals surface area contributed by atoms with Gasteiger partial charge in [-0.3, -0.25) is 4.79 Å². The van der Waals surface area contributed by atoms with Crippen LogP contribution in [0.15, 0.2) is 84.6 Å². The van der Waals surface area contributed by atoms with Crippen LogP contribution in [0.5, 0.6) is 0 Å². The fourth-order valence-corrected chi connectivity index (χ4v) is 4.40. The Kier molecular flexibility index (Phi) is 7.71. The number of carbonyl (C=O) groups is 2. The average molecular weight is 524 g/mol. The van der Waals surface area contributed by atoms with Crippen molar-refractivity contribution in [3.8, 4) is 0 Å². The van der Waals surface area contributed by atoms with Crippen LogP contribution in [0.4, 0.5) is 14.5 Å².